The Bertz CT molecular complexity index is 2760. The number of carboxylic acids is 4. The number of carbonyl (C=O) groups excluding carboxylic acids is 13. The zero-order valence-corrected chi connectivity index (χ0v) is 56.1. The highest BCUT2D eigenvalue weighted by atomic mass is 16.4. The van der Waals surface area contributed by atoms with E-state index in [4.69, 9.17) is 22.3 Å². The van der Waals surface area contributed by atoms with Gasteiger partial charge in [-0.3, -0.25) is 76.7 Å². The first-order valence-electron chi connectivity index (χ1n) is 31.6. The second-order valence-electron chi connectivity index (χ2n) is 23.6. The fourth-order valence-electron chi connectivity index (χ4n) is 8.67. The minimum Gasteiger partial charge on any atom is -0.481 e. The predicted octanol–water partition coefficient (Wildman–Crippen LogP) is -8.94. The van der Waals surface area contributed by atoms with E-state index >= 15 is 0 Å². The average molecular weight is 1410 g/mol. The summed E-state index contributed by atoms with van der Waals surface area (Å²) >= 11 is 0. The van der Waals surface area contributed by atoms with E-state index in [2.05, 4.69) is 69.1 Å². The molecule has 98 heavy (non-hydrogen) atoms. The van der Waals surface area contributed by atoms with Crippen molar-refractivity contribution in [3.8, 4) is 0 Å². The molecule has 26 N–H and O–H groups in total. The van der Waals surface area contributed by atoms with Crippen LogP contribution in [0.25, 0.3) is 0 Å². The summed E-state index contributed by atoms with van der Waals surface area (Å²) in [6.07, 6.45) is -5.78. The van der Waals surface area contributed by atoms with Gasteiger partial charge in [-0.2, -0.15) is 0 Å². The van der Waals surface area contributed by atoms with Crippen LogP contribution in [0, 0.1) is 5.92 Å². The van der Waals surface area contributed by atoms with E-state index in [0.29, 0.717) is 19.3 Å². The predicted molar refractivity (Wildman–Crippen MR) is 341 cm³/mol. The second kappa shape index (κ2) is 46.1. The van der Waals surface area contributed by atoms with Crippen molar-refractivity contribution < 1.29 is 117 Å². The largest absolute Gasteiger partial charge is 0.481 e. The molecule has 0 rings (SSSR count). The van der Waals surface area contributed by atoms with Gasteiger partial charge in [-0.25, -0.2) is 4.79 Å². The van der Waals surface area contributed by atoms with E-state index in [0.717, 1.165) is 20.8 Å². The highest BCUT2D eigenvalue weighted by molar-refractivity contribution is 6.00. The Labute approximate surface area is 564 Å². The molecular weight excluding hydrogens is 1300 g/mol. The van der Waals surface area contributed by atoms with Gasteiger partial charge in [0, 0.05) is 19.3 Å². The molecule has 0 radical (unpaired) electrons. The number of nitrogens with two attached hydrogens (primary N) is 3. The molecular formula is C58H100N16O24. The van der Waals surface area contributed by atoms with E-state index in [1.54, 1.807) is 13.8 Å². The Morgan fingerprint density at radius 3 is 1.03 bits per heavy atom. The van der Waals surface area contributed by atoms with Crippen LogP contribution in [0.1, 0.15) is 139 Å². The lowest BCUT2D eigenvalue weighted by Crippen LogP contribution is -2.62. The maximum Gasteiger partial charge on any atom is 0.326 e. The van der Waals surface area contributed by atoms with Crippen molar-refractivity contribution in [2.24, 2.45) is 23.1 Å². The van der Waals surface area contributed by atoms with E-state index < -0.39 is 249 Å². The van der Waals surface area contributed by atoms with Crippen LogP contribution < -0.4 is 86.3 Å². The maximum absolute atomic E-state index is 14.0. The van der Waals surface area contributed by atoms with Gasteiger partial charge in [-0.15, -0.1) is 0 Å². The van der Waals surface area contributed by atoms with Crippen molar-refractivity contribution in [2.75, 3.05) is 26.2 Å². The molecule has 0 aromatic rings. The van der Waals surface area contributed by atoms with Gasteiger partial charge < -0.3 is 122 Å². The fourth-order valence-corrected chi connectivity index (χ4v) is 8.67. The first-order valence-corrected chi connectivity index (χ1v) is 31.6. The van der Waals surface area contributed by atoms with Crippen LogP contribution in [0.2, 0.25) is 0 Å². The van der Waals surface area contributed by atoms with Gasteiger partial charge in [0.15, 0.2) is 0 Å². The number of hydrogen-bond donors (Lipinski definition) is 23. The molecule has 0 unspecified atom stereocenters. The number of carboxylic acid groups (broad SMARTS) is 4. The summed E-state index contributed by atoms with van der Waals surface area (Å²) in [5, 5.41) is 97.3. The first-order chi connectivity index (χ1) is 45.7. The number of aliphatic hydroxyl groups is 3. The molecule has 13 amide bonds. The molecule has 40 nitrogen and oxygen atoms in total. The number of nitrogens with one attached hydrogen (secondary N) is 13. The molecule has 0 heterocycles. The lowest BCUT2D eigenvalue weighted by atomic mass is 10.0. The first kappa shape index (κ1) is 88.8. The van der Waals surface area contributed by atoms with Crippen LogP contribution in [0.3, 0.4) is 0 Å². The number of aliphatic carboxylic acids is 4. The van der Waals surface area contributed by atoms with Gasteiger partial charge >= 0.3 is 23.9 Å². The number of unbranched alkanes of at least 4 members (excludes halogenated alkanes) is 2. The smallest absolute Gasteiger partial charge is 0.326 e. The number of hydrogen-bond acceptors (Lipinski definition) is 23. The van der Waals surface area contributed by atoms with Crippen LogP contribution in [0.5, 0.6) is 0 Å². The fraction of sp³-hybridized carbons (Fsp3) is 0.707. The zero-order valence-electron chi connectivity index (χ0n) is 56.1. The summed E-state index contributed by atoms with van der Waals surface area (Å²) in [4.78, 5) is 220. The third-order valence-corrected chi connectivity index (χ3v) is 14.5. The Morgan fingerprint density at radius 1 is 0.347 bits per heavy atom. The molecule has 0 aliphatic carbocycles. The van der Waals surface area contributed by atoms with E-state index in [1.807, 2.05) is 0 Å². The molecule has 0 aromatic carbocycles. The van der Waals surface area contributed by atoms with Gasteiger partial charge in [0.2, 0.25) is 76.8 Å². The topological polar surface area (TPSA) is 666 Å². The van der Waals surface area contributed by atoms with Crippen molar-refractivity contribution in [3.63, 3.8) is 0 Å². The van der Waals surface area contributed by atoms with E-state index in [1.165, 1.54) is 20.8 Å². The molecule has 15 atom stereocenters. The number of rotatable bonds is 49. The molecule has 40 heteroatoms. The van der Waals surface area contributed by atoms with Crippen LogP contribution in [0.4, 0.5) is 0 Å². The number of amides is 13. The lowest BCUT2D eigenvalue weighted by molar-refractivity contribution is -0.143. The summed E-state index contributed by atoms with van der Waals surface area (Å²) in [6, 6.07) is -20.4. The third-order valence-electron chi connectivity index (χ3n) is 14.5. The molecule has 556 valence electrons. The van der Waals surface area contributed by atoms with Crippen molar-refractivity contribution in [3.05, 3.63) is 0 Å². The Hall–Kier alpha value is -9.25. The summed E-state index contributed by atoms with van der Waals surface area (Å²) in [7, 11) is 0. The zero-order chi connectivity index (χ0) is 75.3. The molecule has 0 spiro atoms. The quantitative estimate of drug-likeness (QED) is 0.0252. The van der Waals surface area contributed by atoms with E-state index in [-0.39, 0.29) is 38.8 Å². The van der Waals surface area contributed by atoms with Crippen molar-refractivity contribution in [1.82, 2.24) is 69.1 Å². The molecule has 0 saturated carbocycles. The van der Waals surface area contributed by atoms with Crippen molar-refractivity contribution in [2.45, 2.75) is 230 Å². The van der Waals surface area contributed by atoms with Gasteiger partial charge in [0.1, 0.15) is 78.5 Å². The highest BCUT2D eigenvalue weighted by Crippen LogP contribution is 2.11. The third kappa shape index (κ3) is 35.1. The standard InChI is InChI=1S/C58H100N16O24/c1-26(2)23-38(72-57(96)45(32(8)77)74-55(94)39(25-75)73-49(88)30(6)66-56(95)44(61)31(7)76)54(93)70-36(16-19-42(81)82)53(92)65-28(4)47(86)69-35(15-18-41(79)80)52(91)64-27(3)46(85)68-33(13-9-11-21-59)50(89)62-24-40(78)67-34(14-10-12-22-60)51(90)63-29(5)48(87)71-37(58(97)98)17-20-43(83)84/h26-39,44-45,75-77H,9-25,59-61H2,1-8H3,(H,62,89)(H,63,90)(H,64,91)(H,65,92)(H,66,95)(H,67,78)(H,68,85)(H,69,86)(H,70,93)(H,71,87)(H,72,96)(H,73,88)(H,74,94)(H,79,80)(H,81,82)(H,83,84)(H,97,98)/t27-,28-,29-,30-,31+,32+,33-,34-,35-,36-,37-,38-,39-,44-,45-/m0/s1. The van der Waals surface area contributed by atoms with Gasteiger partial charge in [0.25, 0.3) is 0 Å². The van der Waals surface area contributed by atoms with Gasteiger partial charge in [-0.1, -0.05) is 13.8 Å². The Kier molecular flexibility index (Phi) is 41.7. The minimum absolute atomic E-state index is 0.0169. The van der Waals surface area contributed by atoms with Gasteiger partial charge in [-0.05, 0) is 125 Å². The highest BCUT2D eigenvalue weighted by Gasteiger charge is 2.37. The Morgan fingerprint density at radius 2 is 0.673 bits per heavy atom. The summed E-state index contributed by atoms with van der Waals surface area (Å²) in [6.45, 7) is 8.73. The molecule has 0 saturated heterocycles. The maximum atomic E-state index is 14.0. The van der Waals surface area contributed by atoms with E-state index in [9.17, 15) is 112 Å². The minimum atomic E-state index is -1.89. The van der Waals surface area contributed by atoms with Crippen LogP contribution in [-0.2, 0) is 81.5 Å². The molecule has 0 fully saturated rings. The van der Waals surface area contributed by atoms with Gasteiger partial charge in [0.05, 0.1) is 25.4 Å². The summed E-state index contributed by atoms with van der Waals surface area (Å²) < 4.78 is 0. The average Bonchev–Trinajstić information content (AvgIpc) is 0.907. The molecule has 0 aliphatic heterocycles. The second-order valence-corrected chi connectivity index (χ2v) is 23.6. The number of carbonyl (C=O) groups is 17. The van der Waals surface area contributed by atoms with Crippen LogP contribution in [0.15, 0.2) is 0 Å². The summed E-state index contributed by atoms with van der Waals surface area (Å²) in [5.41, 5.74) is 16.8. The SMILES string of the molecule is CC(C)C[C@H](NC(=O)[C@@H](NC(=O)[C@H](CO)NC(=O)[C@H](C)NC(=O)[C@@H](N)[C@@H](C)O)[C@@H](C)O)C(=O)N[C@@H](CCC(=O)O)C(=O)N[C@@H](C)C(=O)N[C@@H](CCC(=O)O)C(=O)N[C@@H](C)C(=O)N[C@@H](CCCCN)C(=O)NCC(=O)N[C@@H](CCCCN)C(=O)N[C@@H](C)C(=O)N[C@@H](CCC(=O)O)C(=O)O. The van der Waals surface area contributed by atoms with Crippen LogP contribution in [-0.4, -0.2) is 253 Å². The summed E-state index contributed by atoms with van der Waals surface area (Å²) in [5.74, 6) is -19.8. The monoisotopic (exact) mass is 1400 g/mol. The van der Waals surface area contributed by atoms with Crippen LogP contribution >= 0.6 is 0 Å². The lowest BCUT2D eigenvalue weighted by Gasteiger charge is -2.28. The van der Waals surface area contributed by atoms with Crippen molar-refractivity contribution in [1.29, 1.82) is 0 Å². The normalized spacial score (nSPS) is 15.7. The molecule has 0 aromatic heterocycles. The van der Waals surface area contributed by atoms with Crippen molar-refractivity contribution >= 4 is 101 Å². The Balaban J connectivity index is 6.35. The molecule has 0 aliphatic rings. The molecule has 0 bridgehead atoms. The number of aliphatic hydroxyl groups excluding tert-OH is 3.